The van der Waals surface area contributed by atoms with Gasteiger partial charge in [0.05, 0.1) is 0 Å². The predicted octanol–water partition coefficient (Wildman–Crippen LogP) is 1.40. The average Bonchev–Trinajstić information content (AvgIpc) is 2.64. The second kappa shape index (κ2) is 5.25. The minimum absolute atomic E-state index is 0.424. The van der Waals surface area contributed by atoms with Crippen molar-refractivity contribution in [2.75, 3.05) is 40.3 Å². The van der Waals surface area contributed by atoms with Crippen molar-refractivity contribution in [3.63, 3.8) is 0 Å². The fourth-order valence-corrected chi connectivity index (χ4v) is 3.66. The smallest absolute Gasteiger partial charge is 0.0226 e. The number of likely N-dealkylation sites (tertiary alicyclic amines) is 1. The van der Waals surface area contributed by atoms with Crippen molar-refractivity contribution in [1.29, 1.82) is 0 Å². The zero-order valence-corrected chi connectivity index (χ0v) is 12.0. The Labute approximate surface area is 107 Å². The Morgan fingerprint density at radius 1 is 1.29 bits per heavy atom. The van der Waals surface area contributed by atoms with Crippen LogP contribution in [0.5, 0.6) is 0 Å². The third kappa shape index (κ3) is 3.01. The van der Waals surface area contributed by atoms with Gasteiger partial charge in [-0.15, -0.1) is 0 Å². The van der Waals surface area contributed by atoms with E-state index in [4.69, 9.17) is 0 Å². The predicted molar refractivity (Wildman–Crippen MR) is 73.3 cm³/mol. The fourth-order valence-electron chi connectivity index (χ4n) is 3.66. The van der Waals surface area contributed by atoms with Gasteiger partial charge in [0.15, 0.2) is 0 Å². The Morgan fingerprint density at radius 3 is 2.71 bits per heavy atom. The molecule has 2 atom stereocenters. The van der Waals surface area contributed by atoms with Crippen molar-refractivity contribution in [3.8, 4) is 0 Å². The number of nitrogens with one attached hydrogen (secondary N) is 1. The molecule has 2 fully saturated rings. The summed E-state index contributed by atoms with van der Waals surface area (Å²) < 4.78 is 0. The molecule has 0 spiro atoms. The summed E-state index contributed by atoms with van der Waals surface area (Å²) in [6.07, 6.45) is 4.09. The second-order valence-electron chi connectivity index (χ2n) is 6.77. The van der Waals surface area contributed by atoms with Gasteiger partial charge in [-0.25, -0.2) is 0 Å². The van der Waals surface area contributed by atoms with Gasteiger partial charge >= 0.3 is 0 Å². The molecule has 2 aliphatic rings. The minimum Gasteiger partial charge on any atom is -0.316 e. The molecule has 2 saturated heterocycles. The Balaban J connectivity index is 2.04. The van der Waals surface area contributed by atoms with E-state index < -0.39 is 0 Å². The molecule has 0 bridgehead atoms. The summed E-state index contributed by atoms with van der Waals surface area (Å²) in [5.41, 5.74) is 0.424. The van der Waals surface area contributed by atoms with Gasteiger partial charge in [0.1, 0.15) is 0 Å². The average molecular weight is 239 g/mol. The molecule has 1 N–H and O–H groups in total. The molecule has 0 radical (unpaired) electrons. The van der Waals surface area contributed by atoms with Crippen LogP contribution in [-0.4, -0.2) is 62.2 Å². The van der Waals surface area contributed by atoms with Gasteiger partial charge in [-0.1, -0.05) is 13.8 Å². The number of hydrogen-bond acceptors (Lipinski definition) is 3. The van der Waals surface area contributed by atoms with E-state index in [0.29, 0.717) is 5.41 Å². The van der Waals surface area contributed by atoms with Crippen molar-refractivity contribution >= 4 is 0 Å². The lowest BCUT2D eigenvalue weighted by molar-refractivity contribution is 0.0425. The zero-order valence-electron chi connectivity index (χ0n) is 12.0. The maximum atomic E-state index is 3.55. The van der Waals surface area contributed by atoms with Crippen LogP contribution in [0.2, 0.25) is 0 Å². The van der Waals surface area contributed by atoms with Gasteiger partial charge in [-0.3, -0.25) is 4.90 Å². The van der Waals surface area contributed by atoms with Crippen LogP contribution in [0.4, 0.5) is 0 Å². The van der Waals surface area contributed by atoms with Crippen molar-refractivity contribution < 1.29 is 0 Å². The summed E-state index contributed by atoms with van der Waals surface area (Å²) in [5.74, 6) is 0. The van der Waals surface area contributed by atoms with Gasteiger partial charge in [-0.05, 0) is 51.9 Å². The third-order valence-electron chi connectivity index (χ3n) is 4.48. The SMILES string of the molecule is CN(C)CC1CCCN1C1CCNCC1(C)C. The molecule has 3 nitrogen and oxygen atoms in total. The first kappa shape index (κ1) is 13.3. The first-order valence-electron chi connectivity index (χ1n) is 7.12. The van der Waals surface area contributed by atoms with Crippen molar-refractivity contribution in [3.05, 3.63) is 0 Å². The highest BCUT2D eigenvalue weighted by atomic mass is 15.3. The van der Waals surface area contributed by atoms with Crippen LogP contribution in [-0.2, 0) is 0 Å². The number of nitrogens with zero attached hydrogens (tertiary/aromatic N) is 2. The highest BCUT2D eigenvalue weighted by Crippen LogP contribution is 2.34. The highest BCUT2D eigenvalue weighted by molar-refractivity contribution is 4.96. The Morgan fingerprint density at radius 2 is 2.06 bits per heavy atom. The summed E-state index contributed by atoms with van der Waals surface area (Å²) in [5, 5.41) is 3.55. The van der Waals surface area contributed by atoms with Crippen LogP contribution in [0.15, 0.2) is 0 Å². The normalized spacial score (nSPS) is 34.4. The van der Waals surface area contributed by atoms with E-state index in [1.807, 2.05) is 0 Å². The molecule has 0 aromatic rings. The molecular weight excluding hydrogens is 210 g/mol. The number of rotatable bonds is 3. The third-order valence-corrected chi connectivity index (χ3v) is 4.48. The molecule has 2 rings (SSSR count). The summed E-state index contributed by atoms with van der Waals surface area (Å²) in [6, 6.07) is 1.56. The van der Waals surface area contributed by atoms with Gasteiger partial charge in [0, 0.05) is 25.2 Å². The highest BCUT2D eigenvalue weighted by Gasteiger charge is 2.40. The molecule has 2 aliphatic heterocycles. The molecule has 0 amide bonds. The summed E-state index contributed by atoms with van der Waals surface area (Å²) >= 11 is 0. The number of likely N-dealkylation sites (N-methyl/N-ethyl adjacent to an activating group) is 1. The van der Waals surface area contributed by atoms with E-state index in [1.165, 1.54) is 45.4 Å². The maximum absolute atomic E-state index is 3.55. The van der Waals surface area contributed by atoms with Gasteiger partial charge in [-0.2, -0.15) is 0 Å². The number of hydrogen-bond donors (Lipinski definition) is 1. The summed E-state index contributed by atoms with van der Waals surface area (Å²) in [4.78, 5) is 5.15. The molecule has 2 unspecified atom stereocenters. The summed E-state index contributed by atoms with van der Waals surface area (Å²) in [6.45, 7) is 9.75. The minimum atomic E-state index is 0.424. The van der Waals surface area contributed by atoms with E-state index >= 15 is 0 Å². The molecule has 0 aromatic heterocycles. The molecule has 0 aromatic carbocycles. The molecule has 100 valence electrons. The maximum Gasteiger partial charge on any atom is 0.0226 e. The van der Waals surface area contributed by atoms with Gasteiger partial charge in [0.25, 0.3) is 0 Å². The summed E-state index contributed by atoms with van der Waals surface area (Å²) in [7, 11) is 4.40. The first-order chi connectivity index (χ1) is 8.00. The van der Waals surface area contributed by atoms with E-state index in [-0.39, 0.29) is 0 Å². The largest absolute Gasteiger partial charge is 0.316 e. The first-order valence-corrected chi connectivity index (χ1v) is 7.12. The lowest BCUT2D eigenvalue weighted by atomic mass is 9.78. The fraction of sp³-hybridized carbons (Fsp3) is 1.00. The van der Waals surface area contributed by atoms with Crippen LogP contribution < -0.4 is 5.32 Å². The van der Waals surface area contributed by atoms with Crippen molar-refractivity contribution in [2.24, 2.45) is 5.41 Å². The monoisotopic (exact) mass is 239 g/mol. The van der Waals surface area contributed by atoms with E-state index in [9.17, 15) is 0 Å². The Kier molecular flexibility index (Phi) is 4.11. The van der Waals surface area contributed by atoms with Crippen LogP contribution >= 0.6 is 0 Å². The standard InChI is InChI=1S/C14H29N3/c1-14(2)11-15-8-7-13(14)17-9-5-6-12(17)10-16(3)4/h12-13,15H,5-11H2,1-4H3. The Bertz CT molecular complexity index is 250. The molecular formula is C14H29N3. The molecule has 17 heavy (non-hydrogen) atoms. The quantitative estimate of drug-likeness (QED) is 0.803. The van der Waals surface area contributed by atoms with Gasteiger partial charge < -0.3 is 10.2 Å². The van der Waals surface area contributed by atoms with Crippen LogP contribution in [0.1, 0.15) is 33.1 Å². The molecule has 3 heteroatoms. The number of piperidine rings is 1. The molecule has 2 heterocycles. The van der Waals surface area contributed by atoms with Gasteiger partial charge in [0.2, 0.25) is 0 Å². The van der Waals surface area contributed by atoms with Crippen LogP contribution in [0, 0.1) is 5.41 Å². The lowest BCUT2D eigenvalue weighted by Crippen LogP contribution is -2.56. The van der Waals surface area contributed by atoms with E-state index in [0.717, 1.165) is 12.1 Å². The second-order valence-corrected chi connectivity index (χ2v) is 6.77. The molecule has 0 aliphatic carbocycles. The van der Waals surface area contributed by atoms with Crippen LogP contribution in [0.25, 0.3) is 0 Å². The molecule has 0 saturated carbocycles. The Hall–Kier alpha value is -0.120. The van der Waals surface area contributed by atoms with E-state index in [1.54, 1.807) is 0 Å². The van der Waals surface area contributed by atoms with Crippen molar-refractivity contribution in [2.45, 2.75) is 45.2 Å². The lowest BCUT2D eigenvalue weighted by Gasteiger charge is -2.46. The van der Waals surface area contributed by atoms with E-state index in [2.05, 4.69) is 43.1 Å². The topological polar surface area (TPSA) is 18.5 Å². The van der Waals surface area contributed by atoms with Crippen molar-refractivity contribution in [1.82, 2.24) is 15.1 Å². The van der Waals surface area contributed by atoms with Crippen LogP contribution in [0.3, 0.4) is 0 Å². The zero-order chi connectivity index (χ0) is 12.5.